The summed E-state index contributed by atoms with van der Waals surface area (Å²) in [7, 11) is 0. The van der Waals surface area contributed by atoms with Gasteiger partial charge in [0.1, 0.15) is 11.9 Å². The number of carbonyl (C=O) groups is 1. The summed E-state index contributed by atoms with van der Waals surface area (Å²) in [6.45, 7) is 0. The van der Waals surface area contributed by atoms with Crippen molar-refractivity contribution in [3.8, 4) is 11.4 Å². The van der Waals surface area contributed by atoms with Crippen molar-refractivity contribution in [2.24, 2.45) is 11.7 Å². The Morgan fingerprint density at radius 1 is 1.07 bits per heavy atom. The van der Waals surface area contributed by atoms with Crippen LogP contribution in [0.4, 0.5) is 5.82 Å². The van der Waals surface area contributed by atoms with Crippen molar-refractivity contribution in [3.05, 3.63) is 48.8 Å². The van der Waals surface area contributed by atoms with Crippen LogP contribution in [0.1, 0.15) is 19.3 Å². The minimum atomic E-state index is -0.334. The zero-order valence-electron chi connectivity index (χ0n) is 15.9. The summed E-state index contributed by atoms with van der Waals surface area (Å²) in [4.78, 5) is 25.4. The van der Waals surface area contributed by atoms with E-state index in [2.05, 4.69) is 21.2 Å². The van der Waals surface area contributed by atoms with Crippen LogP contribution in [0.3, 0.4) is 0 Å². The second-order valence-electron chi connectivity index (χ2n) is 7.74. The second-order valence-corrected chi connectivity index (χ2v) is 7.74. The molecule has 4 atom stereocenters. The predicted molar refractivity (Wildman–Crippen MR) is 111 cm³/mol. The van der Waals surface area contributed by atoms with E-state index in [1.54, 1.807) is 12.4 Å². The summed E-state index contributed by atoms with van der Waals surface area (Å²) in [5, 5.41) is 4.62. The van der Waals surface area contributed by atoms with Crippen LogP contribution in [-0.2, 0) is 4.79 Å². The topological polar surface area (TPSA) is 118 Å². The van der Waals surface area contributed by atoms with Crippen LogP contribution in [0.5, 0.6) is 0 Å². The highest BCUT2D eigenvalue weighted by Gasteiger charge is 2.42. The summed E-state index contributed by atoms with van der Waals surface area (Å²) in [5.41, 5.74) is 13.7. The largest absolute Gasteiger partial charge is 0.368 e. The fourth-order valence-electron chi connectivity index (χ4n) is 4.48. The molecule has 148 valence electrons. The van der Waals surface area contributed by atoms with Gasteiger partial charge in [-0.3, -0.25) is 15.2 Å². The number of anilines is 1. The van der Waals surface area contributed by atoms with Gasteiger partial charge in [-0.2, -0.15) is 0 Å². The van der Waals surface area contributed by atoms with Crippen molar-refractivity contribution >= 4 is 22.6 Å². The van der Waals surface area contributed by atoms with Crippen LogP contribution in [0, 0.1) is 5.92 Å². The molecular weight excluding hydrogens is 366 g/mol. The highest BCUT2D eigenvalue weighted by Crippen LogP contribution is 2.33. The molecule has 3 heterocycles. The molecule has 4 unspecified atom stereocenters. The second kappa shape index (κ2) is 7.38. The molecule has 0 radical (unpaired) electrons. The van der Waals surface area contributed by atoms with E-state index in [-0.39, 0.29) is 30.0 Å². The third-order valence-electron chi connectivity index (χ3n) is 5.94. The van der Waals surface area contributed by atoms with Gasteiger partial charge in [0, 0.05) is 41.3 Å². The molecule has 5 rings (SSSR count). The van der Waals surface area contributed by atoms with E-state index in [9.17, 15) is 4.79 Å². The lowest BCUT2D eigenvalue weighted by Crippen LogP contribution is -2.44. The lowest BCUT2D eigenvalue weighted by atomic mass is 9.79. The Kier molecular flexibility index (Phi) is 4.57. The molecule has 1 aliphatic heterocycles. The number of primary amides is 1. The fraction of sp³-hybridized carbons (Fsp3) is 0.333. The van der Waals surface area contributed by atoms with Crippen molar-refractivity contribution < 1.29 is 4.79 Å². The van der Waals surface area contributed by atoms with Crippen LogP contribution in [0.15, 0.2) is 48.8 Å². The third-order valence-corrected chi connectivity index (χ3v) is 5.94. The van der Waals surface area contributed by atoms with E-state index in [4.69, 9.17) is 15.7 Å². The molecule has 1 saturated heterocycles. The number of hydrogen-bond acceptors (Lipinski definition) is 7. The van der Waals surface area contributed by atoms with E-state index in [0.717, 1.165) is 41.5 Å². The van der Waals surface area contributed by atoms with Crippen LogP contribution in [0.25, 0.3) is 22.3 Å². The van der Waals surface area contributed by atoms with Crippen molar-refractivity contribution in [3.63, 3.8) is 0 Å². The zero-order chi connectivity index (χ0) is 19.8. The Morgan fingerprint density at radius 2 is 1.90 bits per heavy atom. The van der Waals surface area contributed by atoms with Gasteiger partial charge in [0.25, 0.3) is 0 Å². The first-order chi connectivity index (χ1) is 14.2. The Balaban J connectivity index is 1.46. The molecule has 3 aromatic rings. The maximum absolute atomic E-state index is 11.8. The minimum absolute atomic E-state index is 0.173. The van der Waals surface area contributed by atoms with Gasteiger partial charge in [-0.15, -0.1) is 0 Å². The van der Waals surface area contributed by atoms with Gasteiger partial charge in [0.05, 0.1) is 5.52 Å². The number of fused-ring (bicyclic) bond motifs is 2. The normalized spacial score (nSPS) is 26.2. The van der Waals surface area contributed by atoms with E-state index >= 15 is 0 Å². The summed E-state index contributed by atoms with van der Waals surface area (Å²) >= 11 is 0. The third kappa shape index (κ3) is 3.41. The molecule has 1 amide bonds. The van der Waals surface area contributed by atoms with Crippen LogP contribution >= 0.6 is 0 Å². The van der Waals surface area contributed by atoms with Crippen molar-refractivity contribution in [2.75, 3.05) is 5.32 Å². The lowest BCUT2D eigenvalue weighted by Gasteiger charge is -2.33. The molecule has 0 spiro atoms. The molecular formula is C21H23N7O. The summed E-state index contributed by atoms with van der Waals surface area (Å²) in [5.74, 6) is 1.35. The molecule has 1 saturated carbocycles. The number of nitrogens with zero attached hydrogens (tertiary/aromatic N) is 3. The first-order valence-electron chi connectivity index (χ1n) is 9.93. The quantitative estimate of drug-likeness (QED) is 0.535. The zero-order valence-corrected chi connectivity index (χ0v) is 15.9. The van der Waals surface area contributed by atoms with Gasteiger partial charge >= 0.3 is 0 Å². The van der Waals surface area contributed by atoms with Gasteiger partial charge in [-0.05, 0) is 43.5 Å². The van der Waals surface area contributed by atoms with Crippen molar-refractivity contribution in [1.29, 1.82) is 0 Å². The highest BCUT2D eigenvalue weighted by atomic mass is 16.1. The fourth-order valence-corrected chi connectivity index (χ4v) is 4.48. The monoisotopic (exact) mass is 389 g/mol. The number of nitrogens with one attached hydrogen (secondary N) is 3. The van der Waals surface area contributed by atoms with Gasteiger partial charge in [-0.1, -0.05) is 12.1 Å². The minimum Gasteiger partial charge on any atom is -0.368 e. The van der Waals surface area contributed by atoms with Crippen molar-refractivity contribution in [2.45, 2.75) is 37.4 Å². The molecule has 0 bridgehead atoms. The maximum Gasteiger partial charge on any atom is 0.236 e. The number of amides is 1. The highest BCUT2D eigenvalue weighted by molar-refractivity contribution is 5.90. The smallest absolute Gasteiger partial charge is 0.236 e. The number of benzene rings is 1. The molecule has 8 heteroatoms. The lowest BCUT2D eigenvalue weighted by molar-refractivity contribution is -0.120. The molecule has 29 heavy (non-hydrogen) atoms. The standard InChI is InChI=1S/C21H23N7O/c22-19(29)18-15-11-13(5-6-17(15)27-28-18)24-21-14-3-1-2-4-16(14)25-20(26-21)12-7-9-23-10-8-12/h1-4,7-10,13,15,17-18,27-28H,5-6,11H2,(H2,22,29)(H,24,25,26). The number of hydrogen-bond donors (Lipinski definition) is 4. The Morgan fingerprint density at radius 3 is 2.72 bits per heavy atom. The first kappa shape index (κ1) is 18.0. The maximum atomic E-state index is 11.8. The van der Waals surface area contributed by atoms with E-state index < -0.39 is 0 Å². The average Bonchev–Trinajstić information content (AvgIpc) is 3.18. The number of nitrogens with two attached hydrogens (primary N) is 1. The number of pyridine rings is 1. The number of para-hydroxylation sites is 1. The van der Waals surface area contributed by atoms with Gasteiger partial charge in [0.15, 0.2) is 5.82 Å². The van der Waals surface area contributed by atoms with Crippen LogP contribution in [0.2, 0.25) is 0 Å². The molecule has 2 aliphatic rings. The molecule has 8 nitrogen and oxygen atoms in total. The Hall–Kier alpha value is -3.10. The number of aromatic nitrogens is 3. The van der Waals surface area contributed by atoms with Crippen molar-refractivity contribution in [1.82, 2.24) is 25.8 Å². The number of hydrazine groups is 1. The molecule has 1 aromatic carbocycles. The summed E-state index contributed by atoms with van der Waals surface area (Å²) in [6.07, 6.45) is 6.30. The first-order valence-corrected chi connectivity index (χ1v) is 9.93. The predicted octanol–water partition coefficient (Wildman–Crippen LogP) is 1.60. The molecule has 1 aliphatic carbocycles. The van der Waals surface area contributed by atoms with Crippen LogP contribution < -0.4 is 21.9 Å². The average molecular weight is 389 g/mol. The Bertz CT molecular complexity index is 1040. The SMILES string of the molecule is NC(=O)C1NNC2CCC(Nc3nc(-c4ccncc4)nc4ccccc34)CC21. The Labute approximate surface area is 168 Å². The van der Waals surface area contributed by atoms with Gasteiger partial charge in [0.2, 0.25) is 5.91 Å². The van der Waals surface area contributed by atoms with E-state index in [1.807, 2.05) is 36.4 Å². The summed E-state index contributed by atoms with van der Waals surface area (Å²) < 4.78 is 0. The van der Waals surface area contributed by atoms with Gasteiger partial charge in [-0.25, -0.2) is 15.4 Å². The van der Waals surface area contributed by atoms with E-state index in [1.165, 1.54) is 0 Å². The molecule has 2 aromatic heterocycles. The number of carbonyl (C=O) groups excluding carboxylic acids is 1. The molecule has 2 fully saturated rings. The van der Waals surface area contributed by atoms with Crippen LogP contribution in [-0.4, -0.2) is 39.0 Å². The van der Waals surface area contributed by atoms with E-state index in [0.29, 0.717) is 5.82 Å². The summed E-state index contributed by atoms with van der Waals surface area (Å²) in [6, 6.07) is 12.0. The number of rotatable bonds is 4. The van der Waals surface area contributed by atoms with Gasteiger partial charge < -0.3 is 11.1 Å². The molecule has 5 N–H and O–H groups in total.